The number of aryl methyl sites for hydroxylation is 1. The molecule has 0 saturated heterocycles. The monoisotopic (exact) mass is 263 g/mol. The molecule has 0 atom stereocenters. The topological polar surface area (TPSA) is 12.0 Å². The lowest BCUT2D eigenvalue weighted by molar-refractivity contribution is 0.631. The van der Waals surface area contributed by atoms with E-state index in [0.29, 0.717) is 10.6 Å². The van der Waals surface area contributed by atoms with Gasteiger partial charge in [0.25, 0.3) is 0 Å². The van der Waals surface area contributed by atoms with Crippen LogP contribution in [0.5, 0.6) is 0 Å². The number of rotatable bonds is 3. The Kier molecular flexibility index (Phi) is 4.00. The predicted molar refractivity (Wildman–Crippen MR) is 74.3 cm³/mol. The Labute approximate surface area is 112 Å². The van der Waals surface area contributed by atoms with Crippen molar-refractivity contribution in [3.05, 3.63) is 58.4 Å². The zero-order valence-corrected chi connectivity index (χ0v) is 11.2. The summed E-state index contributed by atoms with van der Waals surface area (Å²) in [7, 11) is 1.88. The van der Waals surface area contributed by atoms with Gasteiger partial charge in [-0.3, -0.25) is 0 Å². The van der Waals surface area contributed by atoms with E-state index in [1.165, 1.54) is 6.07 Å². The number of hydrogen-bond donors (Lipinski definition) is 1. The van der Waals surface area contributed by atoms with Crippen molar-refractivity contribution in [1.29, 1.82) is 0 Å². The Balaban J connectivity index is 2.47. The molecule has 0 radical (unpaired) electrons. The van der Waals surface area contributed by atoms with Gasteiger partial charge in [-0.1, -0.05) is 35.4 Å². The van der Waals surface area contributed by atoms with E-state index in [0.717, 1.165) is 23.2 Å². The van der Waals surface area contributed by atoms with Crippen LogP contribution in [0.1, 0.15) is 11.1 Å². The third kappa shape index (κ3) is 2.71. The Bertz CT molecular complexity index is 566. The molecule has 0 aliphatic carbocycles. The van der Waals surface area contributed by atoms with Crippen LogP contribution in [0.3, 0.4) is 0 Å². The molecule has 1 N–H and O–H groups in total. The number of benzene rings is 2. The highest BCUT2D eigenvalue weighted by molar-refractivity contribution is 6.33. The van der Waals surface area contributed by atoms with Gasteiger partial charge in [-0.15, -0.1) is 0 Å². The van der Waals surface area contributed by atoms with Crippen LogP contribution in [-0.2, 0) is 6.54 Å². The van der Waals surface area contributed by atoms with Crippen molar-refractivity contribution in [1.82, 2.24) is 5.32 Å². The van der Waals surface area contributed by atoms with Gasteiger partial charge in [-0.2, -0.15) is 0 Å². The highest BCUT2D eigenvalue weighted by Crippen LogP contribution is 2.31. The Hall–Kier alpha value is -1.38. The average Bonchev–Trinajstić information content (AvgIpc) is 2.33. The minimum Gasteiger partial charge on any atom is -0.316 e. The maximum absolute atomic E-state index is 13.8. The summed E-state index contributed by atoms with van der Waals surface area (Å²) in [5.41, 5.74) is 3.38. The second kappa shape index (κ2) is 5.51. The number of hydrogen-bond acceptors (Lipinski definition) is 1. The highest BCUT2D eigenvalue weighted by atomic mass is 35.5. The van der Waals surface area contributed by atoms with Crippen LogP contribution in [0, 0.1) is 12.7 Å². The summed E-state index contributed by atoms with van der Waals surface area (Å²) in [6, 6.07) is 10.7. The van der Waals surface area contributed by atoms with Crippen LogP contribution >= 0.6 is 11.6 Å². The number of halogens is 2. The molecule has 2 aromatic carbocycles. The first-order valence-electron chi connectivity index (χ1n) is 5.81. The molecule has 0 aliphatic heterocycles. The van der Waals surface area contributed by atoms with E-state index in [-0.39, 0.29) is 5.82 Å². The van der Waals surface area contributed by atoms with Gasteiger partial charge >= 0.3 is 0 Å². The SMILES string of the molecule is CNCc1ccc(-c2cc(C)ccc2F)c(Cl)c1. The molecule has 2 aromatic rings. The third-order valence-electron chi connectivity index (χ3n) is 2.83. The molecule has 0 saturated carbocycles. The van der Waals surface area contributed by atoms with Gasteiger partial charge in [0.1, 0.15) is 5.82 Å². The molecule has 0 amide bonds. The molecule has 1 nitrogen and oxygen atoms in total. The van der Waals surface area contributed by atoms with Gasteiger partial charge in [0.15, 0.2) is 0 Å². The molecular weight excluding hydrogens is 249 g/mol. The summed E-state index contributed by atoms with van der Waals surface area (Å²) in [4.78, 5) is 0. The Morgan fingerprint density at radius 3 is 2.56 bits per heavy atom. The summed E-state index contributed by atoms with van der Waals surface area (Å²) in [6.45, 7) is 2.68. The lowest BCUT2D eigenvalue weighted by Crippen LogP contribution is -2.04. The molecule has 0 bridgehead atoms. The molecule has 3 heteroatoms. The summed E-state index contributed by atoms with van der Waals surface area (Å²) < 4.78 is 13.8. The van der Waals surface area contributed by atoms with E-state index in [2.05, 4.69) is 5.32 Å². The lowest BCUT2D eigenvalue weighted by atomic mass is 10.0. The molecule has 0 aromatic heterocycles. The van der Waals surface area contributed by atoms with Crippen LogP contribution in [-0.4, -0.2) is 7.05 Å². The van der Waals surface area contributed by atoms with Crippen molar-refractivity contribution in [3.8, 4) is 11.1 Å². The summed E-state index contributed by atoms with van der Waals surface area (Å²) in [5.74, 6) is -0.246. The lowest BCUT2D eigenvalue weighted by Gasteiger charge is -2.09. The van der Waals surface area contributed by atoms with Crippen LogP contribution in [0.25, 0.3) is 11.1 Å². The first-order valence-corrected chi connectivity index (χ1v) is 6.19. The maximum Gasteiger partial charge on any atom is 0.131 e. The van der Waals surface area contributed by atoms with Gasteiger partial charge in [0.2, 0.25) is 0 Å². The minimum absolute atomic E-state index is 0.246. The molecule has 18 heavy (non-hydrogen) atoms. The fourth-order valence-electron chi connectivity index (χ4n) is 1.94. The zero-order valence-electron chi connectivity index (χ0n) is 10.4. The average molecular weight is 264 g/mol. The van der Waals surface area contributed by atoms with Gasteiger partial charge < -0.3 is 5.32 Å². The Morgan fingerprint density at radius 1 is 1.11 bits per heavy atom. The quantitative estimate of drug-likeness (QED) is 0.876. The van der Waals surface area contributed by atoms with E-state index >= 15 is 0 Å². The molecule has 0 fully saturated rings. The van der Waals surface area contributed by atoms with Crippen LogP contribution in [0.2, 0.25) is 5.02 Å². The van der Waals surface area contributed by atoms with E-state index in [4.69, 9.17) is 11.6 Å². The van der Waals surface area contributed by atoms with Gasteiger partial charge in [-0.25, -0.2) is 4.39 Å². The predicted octanol–water partition coefficient (Wildman–Crippen LogP) is 4.17. The smallest absolute Gasteiger partial charge is 0.131 e. The summed E-state index contributed by atoms with van der Waals surface area (Å²) in [6.07, 6.45) is 0. The second-order valence-electron chi connectivity index (χ2n) is 4.33. The fraction of sp³-hybridized carbons (Fsp3) is 0.200. The molecule has 94 valence electrons. The standard InChI is InChI=1S/C15H15ClFN/c1-10-3-6-15(17)13(7-10)12-5-4-11(9-18-2)8-14(12)16/h3-8,18H,9H2,1-2H3. The van der Waals surface area contributed by atoms with Gasteiger partial charge in [0.05, 0.1) is 0 Å². The maximum atomic E-state index is 13.8. The normalized spacial score (nSPS) is 10.7. The molecule has 0 heterocycles. The third-order valence-corrected chi connectivity index (χ3v) is 3.14. The van der Waals surface area contributed by atoms with Crippen molar-refractivity contribution in [2.24, 2.45) is 0 Å². The Morgan fingerprint density at radius 2 is 1.89 bits per heavy atom. The minimum atomic E-state index is -0.246. The number of nitrogens with one attached hydrogen (secondary N) is 1. The van der Waals surface area contributed by atoms with Crippen molar-refractivity contribution in [2.45, 2.75) is 13.5 Å². The van der Waals surface area contributed by atoms with E-state index in [1.54, 1.807) is 6.07 Å². The van der Waals surface area contributed by atoms with Crippen molar-refractivity contribution >= 4 is 11.6 Å². The van der Waals surface area contributed by atoms with Crippen LogP contribution in [0.4, 0.5) is 4.39 Å². The zero-order chi connectivity index (χ0) is 13.1. The molecule has 0 spiro atoms. The molecular formula is C15H15ClFN. The van der Waals surface area contributed by atoms with Gasteiger partial charge in [-0.05, 0) is 37.7 Å². The van der Waals surface area contributed by atoms with Crippen LogP contribution < -0.4 is 5.32 Å². The first-order chi connectivity index (χ1) is 8.61. The fourth-order valence-corrected chi connectivity index (χ4v) is 2.24. The first kappa shape index (κ1) is 13.1. The molecule has 2 rings (SSSR count). The summed E-state index contributed by atoms with van der Waals surface area (Å²) >= 11 is 6.23. The van der Waals surface area contributed by atoms with Crippen molar-refractivity contribution in [3.63, 3.8) is 0 Å². The highest BCUT2D eigenvalue weighted by Gasteiger charge is 2.09. The molecule has 0 unspecified atom stereocenters. The van der Waals surface area contributed by atoms with E-state index in [9.17, 15) is 4.39 Å². The van der Waals surface area contributed by atoms with Crippen molar-refractivity contribution in [2.75, 3.05) is 7.05 Å². The summed E-state index contributed by atoms with van der Waals surface area (Å²) in [5, 5.41) is 3.63. The molecule has 0 aliphatic rings. The van der Waals surface area contributed by atoms with Crippen molar-refractivity contribution < 1.29 is 4.39 Å². The van der Waals surface area contributed by atoms with E-state index in [1.807, 2.05) is 38.2 Å². The van der Waals surface area contributed by atoms with Gasteiger partial charge in [0, 0.05) is 22.7 Å². The van der Waals surface area contributed by atoms with Crippen LogP contribution in [0.15, 0.2) is 36.4 Å². The van der Waals surface area contributed by atoms with E-state index < -0.39 is 0 Å². The largest absolute Gasteiger partial charge is 0.316 e. The second-order valence-corrected chi connectivity index (χ2v) is 4.74.